The molecule has 2 N–H and O–H groups in total. The van der Waals surface area contributed by atoms with Crippen molar-refractivity contribution >= 4 is 46.0 Å². The standard InChI is InChI=1S/C54H62F2N10O5/c1-33-29-62(30-35-4-5-45-41(24-35)54(14-15-54)53(71)66(45)46-6-7-47(67)59-51(46)69)22-23-64(33)31-34-9-19-63(20-10-34)52(70)37-25-42(55)49(43(56)26-37)36-11-17-61(18-12-36)32-39-28-40-44(8-16-58-50(40)60(39)3)65-21-13-38(57-2)27-48(65)68/h4-5,8,13,16,21,24-28,33-34,36,46,57H,6-7,9-12,14-15,17-20,22-23,29-32H2,1-3H3,(H,59,67,69)/t33-,46?/m0/s1. The first kappa shape index (κ1) is 47.0. The van der Waals surface area contributed by atoms with Crippen LogP contribution in [0.5, 0.6) is 0 Å². The van der Waals surface area contributed by atoms with E-state index in [-0.39, 0.29) is 46.7 Å². The molecule has 0 bridgehead atoms. The molecule has 4 saturated heterocycles. The van der Waals surface area contributed by atoms with Crippen LogP contribution in [0.2, 0.25) is 0 Å². The number of piperidine rings is 3. The molecule has 15 nitrogen and oxygen atoms in total. The highest BCUT2D eigenvalue weighted by atomic mass is 19.1. The largest absolute Gasteiger partial charge is 0.388 e. The van der Waals surface area contributed by atoms with Gasteiger partial charge in [0.05, 0.1) is 11.1 Å². The molecule has 1 aliphatic carbocycles. The van der Waals surface area contributed by atoms with Gasteiger partial charge < -0.3 is 14.8 Å². The normalized spacial score (nSPS) is 22.4. The lowest BCUT2D eigenvalue weighted by Gasteiger charge is -2.42. The second kappa shape index (κ2) is 18.7. The number of anilines is 2. The van der Waals surface area contributed by atoms with Crippen LogP contribution >= 0.6 is 0 Å². The number of rotatable bonds is 11. The number of likely N-dealkylation sites (tertiary alicyclic amines) is 2. The van der Waals surface area contributed by atoms with Gasteiger partial charge in [-0.1, -0.05) is 12.1 Å². The van der Waals surface area contributed by atoms with E-state index in [2.05, 4.69) is 55.4 Å². The fraction of sp³-hybridized carbons (Fsp3) is 0.481. The van der Waals surface area contributed by atoms with Crippen molar-refractivity contribution in [1.29, 1.82) is 0 Å². The Hall–Kier alpha value is -6.30. The molecule has 5 aliphatic heterocycles. The van der Waals surface area contributed by atoms with Crippen LogP contribution in [0.3, 0.4) is 0 Å². The number of hydrogen-bond donors (Lipinski definition) is 2. The Morgan fingerprint density at radius 3 is 2.30 bits per heavy atom. The Labute approximate surface area is 411 Å². The topological polar surface area (TPSA) is 148 Å². The minimum Gasteiger partial charge on any atom is -0.388 e. The molecule has 3 aromatic heterocycles. The van der Waals surface area contributed by atoms with Gasteiger partial charge in [0.15, 0.2) is 0 Å². The molecular weight excluding hydrogens is 907 g/mol. The fourth-order valence-corrected chi connectivity index (χ4v) is 12.3. The second-order valence-corrected chi connectivity index (χ2v) is 20.9. The Kier molecular flexibility index (Phi) is 12.4. The lowest BCUT2D eigenvalue weighted by atomic mass is 9.87. The highest BCUT2D eigenvalue weighted by Crippen LogP contribution is 2.58. The van der Waals surface area contributed by atoms with Crippen LogP contribution < -0.4 is 21.1 Å². The summed E-state index contributed by atoms with van der Waals surface area (Å²) in [6.45, 7) is 9.69. The van der Waals surface area contributed by atoms with Crippen LogP contribution in [0, 0.1) is 17.6 Å². The van der Waals surface area contributed by atoms with Crippen molar-refractivity contribution in [1.82, 2.24) is 39.0 Å². The minimum atomic E-state index is -0.658. The Morgan fingerprint density at radius 2 is 1.61 bits per heavy atom. The molecule has 5 fully saturated rings. The summed E-state index contributed by atoms with van der Waals surface area (Å²) in [5.41, 5.74) is 5.67. The molecule has 2 aromatic carbocycles. The zero-order valence-corrected chi connectivity index (χ0v) is 40.8. The lowest BCUT2D eigenvalue weighted by molar-refractivity contribution is -0.135. The quantitative estimate of drug-likeness (QED) is 0.159. The molecular formula is C54H62F2N10O5. The number of nitrogens with one attached hydrogen (secondary N) is 2. The number of benzene rings is 2. The van der Waals surface area contributed by atoms with Crippen LogP contribution in [0.4, 0.5) is 20.2 Å². The SMILES string of the molecule is CNc1ccn(-c2ccnc3c2cc(CN2CCC(c4c(F)cc(C(=O)N5CCC(CN6CCN(Cc7ccc8c(c7)C7(CC7)C(=O)N8C7CCC(=O)NC7=O)C[C@@H]6C)CC5)cc4F)CC2)n3C)c(=O)c1. The molecule has 2 atom stereocenters. The van der Waals surface area contributed by atoms with Crippen molar-refractivity contribution in [2.75, 3.05) is 69.6 Å². The van der Waals surface area contributed by atoms with Crippen molar-refractivity contribution in [3.05, 3.63) is 117 Å². The van der Waals surface area contributed by atoms with Gasteiger partial charge in [0.25, 0.3) is 11.5 Å². The van der Waals surface area contributed by atoms with E-state index < -0.39 is 29.0 Å². The van der Waals surface area contributed by atoms with Gasteiger partial charge in [-0.3, -0.25) is 53.5 Å². The third-order valence-corrected chi connectivity index (χ3v) is 16.6. The molecule has 1 unspecified atom stereocenters. The van der Waals surface area contributed by atoms with Crippen LogP contribution in [0.15, 0.2) is 71.8 Å². The number of imide groups is 1. The first-order valence-electron chi connectivity index (χ1n) is 25.4. The minimum absolute atomic E-state index is 0.0184. The average molecular weight is 969 g/mol. The van der Waals surface area contributed by atoms with Crippen molar-refractivity contribution in [3.63, 3.8) is 0 Å². The monoisotopic (exact) mass is 968 g/mol. The summed E-state index contributed by atoms with van der Waals surface area (Å²) in [7, 11) is 3.74. The van der Waals surface area contributed by atoms with E-state index in [1.807, 2.05) is 29.8 Å². The maximum atomic E-state index is 15.9. The van der Waals surface area contributed by atoms with Gasteiger partial charge in [0, 0.05) is 131 Å². The number of amides is 4. The summed E-state index contributed by atoms with van der Waals surface area (Å²) in [5.74, 6) is -2.24. The number of nitrogens with zero attached hydrogens (tertiary/aromatic N) is 8. The van der Waals surface area contributed by atoms with E-state index in [0.29, 0.717) is 63.9 Å². The number of aryl methyl sites for hydroxylation is 1. The third kappa shape index (κ3) is 8.73. The molecule has 4 amide bonds. The second-order valence-electron chi connectivity index (χ2n) is 20.9. The molecule has 11 rings (SSSR count). The summed E-state index contributed by atoms with van der Waals surface area (Å²) in [6.07, 6.45) is 8.39. The van der Waals surface area contributed by atoms with Gasteiger partial charge in [-0.15, -0.1) is 0 Å². The fourth-order valence-electron chi connectivity index (χ4n) is 12.3. The smallest absolute Gasteiger partial charge is 0.257 e. The van der Waals surface area contributed by atoms with Crippen LogP contribution in [0.1, 0.15) is 97.0 Å². The highest BCUT2D eigenvalue weighted by Gasteiger charge is 2.61. The van der Waals surface area contributed by atoms with E-state index in [4.69, 9.17) is 0 Å². The number of aromatic nitrogens is 3. The van der Waals surface area contributed by atoms with E-state index in [0.717, 1.165) is 103 Å². The zero-order valence-electron chi connectivity index (χ0n) is 40.8. The number of fused-ring (bicyclic) bond motifs is 3. The van der Waals surface area contributed by atoms with Crippen LogP contribution in [0.25, 0.3) is 16.7 Å². The zero-order chi connectivity index (χ0) is 49.3. The summed E-state index contributed by atoms with van der Waals surface area (Å²) in [6, 6.07) is 15.7. The number of carbonyl (C=O) groups excluding carboxylic acids is 4. The van der Waals surface area contributed by atoms with Crippen molar-refractivity contribution in [3.8, 4) is 5.69 Å². The number of halogens is 2. The molecule has 372 valence electrons. The molecule has 1 saturated carbocycles. The van der Waals surface area contributed by atoms with Gasteiger partial charge in [-0.05, 0) is 124 Å². The molecule has 5 aromatic rings. The van der Waals surface area contributed by atoms with Gasteiger partial charge in [-0.25, -0.2) is 13.8 Å². The lowest BCUT2D eigenvalue weighted by Crippen LogP contribution is -2.54. The predicted octanol–water partition coefficient (Wildman–Crippen LogP) is 5.67. The first-order chi connectivity index (χ1) is 34.3. The van der Waals surface area contributed by atoms with Crippen molar-refractivity contribution in [2.45, 2.75) is 94.8 Å². The number of pyridine rings is 2. The van der Waals surface area contributed by atoms with Gasteiger partial charge in [0.1, 0.15) is 23.3 Å². The maximum Gasteiger partial charge on any atom is 0.257 e. The summed E-state index contributed by atoms with van der Waals surface area (Å²) >= 11 is 0. The summed E-state index contributed by atoms with van der Waals surface area (Å²) < 4.78 is 35.4. The first-order valence-corrected chi connectivity index (χ1v) is 25.4. The molecule has 71 heavy (non-hydrogen) atoms. The Morgan fingerprint density at radius 1 is 0.845 bits per heavy atom. The number of carbonyl (C=O) groups is 4. The summed E-state index contributed by atoms with van der Waals surface area (Å²) in [5, 5.41) is 6.28. The molecule has 1 spiro atoms. The average Bonchev–Trinajstić information content (AvgIpc) is 4.07. The molecule has 0 radical (unpaired) electrons. The van der Waals surface area contributed by atoms with Crippen molar-refractivity contribution < 1.29 is 28.0 Å². The van der Waals surface area contributed by atoms with Gasteiger partial charge >= 0.3 is 0 Å². The Bertz CT molecular complexity index is 2980. The highest BCUT2D eigenvalue weighted by molar-refractivity contribution is 6.15. The van der Waals surface area contributed by atoms with E-state index in [1.54, 1.807) is 39.9 Å². The number of piperazine rings is 1. The van der Waals surface area contributed by atoms with E-state index >= 15 is 8.78 Å². The molecule has 17 heteroatoms. The van der Waals surface area contributed by atoms with Gasteiger partial charge in [-0.2, -0.15) is 0 Å². The predicted molar refractivity (Wildman–Crippen MR) is 265 cm³/mol. The van der Waals surface area contributed by atoms with E-state index in [1.165, 1.54) is 12.1 Å². The molecule has 8 heterocycles. The van der Waals surface area contributed by atoms with E-state index in [9.17, 15) is 24.0 Å². The third-order valence-electron chi connectivity index (χ3n) is 16.6. The number of hydrogen-bond acceptors (Lipinski definition) is 10. The van der Waals surface area contributed by atoms with Crippen molar-refractivity contribution in [2.24, 2.45) is 13.0 Å². The Balaban J connectivity index is 0.652. The molecule has 6 aliphatic rings. The van der Waals surface area contributed by atoms with Gasteiger partial charge in [0.2, 0.25) is 17.7 Å². The summed E-state index contributed by atoms with van der Waals surface area (Å²) in [4.78, 5) is 80.3. The maximum absolute atomic E-state index is 15.9. The van der Waals surface area contributed by atoms with Crippen LogP contribution in [-0.2, 0) is 39.9 Å². The van der Waals surface area contributed by atoms with Crippen LogP contribution in [-0.4, -0.2) is 129 Å².